The quantitative estimate of drug-likeness (QED) is 0.887. The predicted molar refractivity (Wildman–Crippen MR) is 83.4 cm³/mol. The first kappa shape index (κ1) is 15.7. The molecule has 1 unspecified atom stereocenters. The maximum atomic E-state index is 11.4. The number of aliphatic carboxylic acids is 1. The Morgan fingerprint density at radius 2 is 1.90 bits per heavy atom. The van der Waals surface area contributed by atoms with Crippen molar-refractivity contribution in [3.05, 3.63) is 63.6 Å². The van der Waals surface area contributed by atoms with Gasteiger partial charge in [0.25, 0.3) is 0 Å². The Kier molecular flexibility index (Phi) is 5.10. The standard InChI is InChI=1S/C16H14Cl2O3/c1-10-5-2-3-8-13(10)21-14(16(19)20)9-11-6-4-7-12(17)15(11)18/h2-8,14H,9H2,1H3,(H,19,20). The van der Waals surface area contributed by atoms with Crippen LogP contribution in [0.15, 0.2) is 42.5 Å². The van der Waals surface area contributed by atoms with E-state index >= 15 is 0 Å². The van der Waals surface area contributed by atoms with E-state index in [-0.39, 0.29) is 6.42 Å². The maximum Gasteiger partial charge on any atom is 0.345 e. The van der Waals surface area contributed by atoms with Crippen molar-refractivity contribution < 1.29 is 14.6 Å². The molecule has 0 amide bonds. The van der Waals surface area contributed by atoms with Crippen molar-refractivity contribution in [1.82, 2.24) is 0 Å². The Hall–Kier alpha value is -1.71. The van der Waals surface area contributed by atoms with Crippen molar-refractivity contribution in [3.63, 3.8) is 0 Å². The molecule has 3 nitrogen and oxygen atoms in total. The average molecular weight is 325 g/mol. The van der Waals surface area contributed by atoms with E-state index < -0.39 is 12.1 Å². The van der Waals surface area contributed by atoms with Crippen molar-refractivity contribution in [1.29, 1.82) is 0 Å². The third-order valence-electron chi connectivity index (χ3n) is 3.08. The summed E-state index contributed by atoms with van der Waals surface area (Å²) in [4.78, 5) is 11.4. The van der Waals surface area contributed by atoms with E-state index in [0.717, 1.165) is 5.56 Å². The number of rotatable bonds is 5. The largest absolute Gasteiger partial charge is 0.478 e. The van der Waals surface area contributed by atoms with Crippen LogP contribution >= 0.6 is 23.2 Å². The lowest BCUT2D eigenvalue weighted by Gasteiger charge is -2.17. The summed E-state index contributed by atoms with van der Waals surface area (Å²) in [5.74, 6) is -0.502. The molecule has 21 heavy (non-hydrogen) atoms. The molecule has 5 heteroatoms. The zero-order chi connectivity index (χ0) is 15.4. The number of aryl methyl sites for hydroxylation is 1. The fourth-order valence-electron chi connectivity index (χ4n) is 1.93. The van der Waals surface area contributed by atoms with E-state index in [1.54, 1.807) is 30.3 Å². The highest BCUT2D eigenvalue weighted by Gasteiger charge is 2.22. The molecule has 0 fully saturated rings. The van der Waals surface area contributed by atoms with Crippen molar-refractivity contribution in [3.8, 4) is 5.75 Å². The average Bonchev–Trinajstić information content (AvgIpc) is 2.45. The molecule has 0 aliphatic heterocycles. The maximum absolute atomic E-state index is 11.4. The number of halogens is 2. The molecule has 110 valence electrons. The monoisotopic (exact) mass is 324 g/mol. The predicted octanol–water partition coefficient (Wildman–Crippen LogP) is 4.38. The van der Waals surface area contributed by atoms with E-state index in [4.69, 9.17) is 27.9 Å². The minimum absolute atomic E-state index is 0.142. The third-order valence-corrected chi connectivity index (χ3v) is 3.93. The molecule has 1 N–H and O–H groups in total. The molecule has 0 radical (unpaired) electrons. The lowest BCUT2D eigenvalue weighted by molar-refractivity contribution is -0.145. The number of para-hydroxylation sites is 1. The second kappa shape index (κ2) is 6.83. The van der Waals surface area contributed by atoms with Gasteiger partial charge >= 0.3 is 5.97 Å². The van der Waals surface area contributed by atoms with Gasteiger partial charge in [-0.25, -0.2) is 4.79 Å². The van der Waals surface area contributed by atoms with Gasteiger partial charge in [0, 0.05) is 6.42 Å². The fraction of sp³-hybridized carbons (Fsp3) is 0.188. The first-order valence-electron chi connectivity index (χ1n) is 6.37. The van der Waals surface area contributed by atoms with Gasteiger partial charge in [-0.15, -0.1) is 0 Å². The number of carboxylic acid groups (broad SMARTS) is 1. The molecule has 2 aromatic carbocycles. The van der Waals surface area contributed by atoms with E-state index in [9.17, 15) is 9.90 Å². The number of benzene rings is 2. The second-order valence-corrected chi connectivity index (χ2v) is 5.41. The van der Waals surface area contributed by atoms with Gasteiger partial charge in [0.1, 0.15) is 5.75 Å². The van der Waals surface area contributed by atoms with Gasteiger partial charge in [-0.1, -0.05) is 53.5 Å². The first-order chi connectivity index (χ1) is 9.99. The fourth-order valence-corrected chi connectivity index (χ4v) is 2.32. The van der Waals surface area contributed by atoms with Crippen molar-refractivity contribution in [2.45, 2.75) is 19.4 Å². The van der Waals surface area contributed by atoms with Gasteiger partial charge in [-0.05, 0) is 30.2 Å². The summed E-state index contributed by atoms with van der Waals surface area (Å²) in [6, 6.07) is 12.4. The Bertz CT molecular complexity index is 656. The summed E-state index contributed by atoms with van der Waals surface area (Å²) in [5, 5.41) is 10.1. The van der Waals surface area contributed by atoms with Crippen LogP contribution in [0.1, 0.15) is 11.1 Å². The molecule has 0 spiro atoms. The second-order valence-electron chi connectivity index (χ2n) is 4.63. The molecule has 0 heterocycles. The van der Waals surface area contributed by atoms with Crippen LogP contribution in [0, 0.1) is 6.92 Å². The summed E-state index contributed by atoms with van der Waals surface area (Å²) in [6.45, 7) is 1.86. The molecular weight excluding hydrogens is 311 g/mol. The molecule has 0 aromatic heterocycles. The third kappa shape index (κ3) is 3.90. The van der Waals surface area contributed by atoms with Crippen LogP contribution in [0.5, 0.6) is 5.75 Å². The van der Waals surface area contributed by atoms with Crippen LogP contribution in [0.2, 0.25) is 10.0 Å². The first-order valence-corrected chi connectivity index (χ1v) is 7.12. The molecule has 0 saturated heterocycles. The molecule has 0 aliphatic rings. The van der Waals surface area contributed by atoms with E-state index in [2.05, 4.69) is 0 Å². The lowest BCUT2D eigenvalue weighted by Crippen LogP contribution is -2.29. The summed E-state index contributed by atoms with van der Waals surface area (Å²) >= 11 is 12.0. The van der Waals surface area contributed by atoms with E-state index in [0.29, 0.717) is 21.4 Å². The molecule has 1 atom stereocenters. The highest BCUT2D eigenvalue weighted by molar-refractivity contribution is 6.42. The minimum Gasteiger partial charge on any atom is -0.478 e. The highest BCUT2D eigenvalue weighted by Crippen LogP contribution is 2.27. The van der Waals surface area contributed by atoms with Gasteiger partial charge in [-0.3, -0.25) is 0 Å². The number of hydrogen-bond acceptors (Lipinski definition) is 2. The molecule has 2 aromatic rings. The summed E-state index contributed by atoms with van der Waals surface area (Å²) in [6.07, 6.45) is -0.884. The van der Waals surface area contributed by atoms with Crippen molar-refractivity contribution >= 4 is 29.2 Å². The van der Waals surface area contributed by atoms with Crippen LogP contribution in [-0.4, -0.2) is 17.2 Å². The summed E-state index contributed by atoms with van der Waals surface area (Å²) in [7, 11) is 0. The van der Waals surface area contributed by atoms with Gasteiger partial charge < -0.3 is 9.84 Å². The van der Waals surface area contributed by atoms with E-state index in [1.807, 2.05) is 19.1 Å². The SMILES string of the molecule is Cc1ccccc1OC(Cc1cccc(Cl)c1Cl)C(=O)O. The number of ether oxygens (including phenoxy) is 1. The van der Waals surface area contributed by atoms with Gasteiger partial charge in [-0.2, -0.15) is 0 Å². The zero-order valence-corrected chi connectivity index (χ0v) is 12.9. The molecule has 0 bridgehead atoms. The van der Waals surface area contributed by atoms with Crippen molar-refractivity contribution in [2.75, 3.05) is 0 Å². The normalized spacial score (nSPS) is 12.0. The lowest BCUT2D eigenvalue weighted by atomic mass is 10.1. The van der Waals surface area contributed by atoms with E-state index in [1.165, 1.54) is 0 Å². The van der Waals surface area contributed by atoms with Crippen LogP contribution < -0.4 is 4.74 Å². The van der Waals surface area contributed by atoms with Crippen LogP contribution in [-0.2, 0) is 11.2 Å². The van der Waals surface area contributed by atoms with Gasteiger partial charge in [0.05, 0.1) is 10.0 Å². The van der Waals surface area contributed by atoms with Gasteiger partial charge in [0.15, 0.2) is 6.10 Å². The zero-order valence-electron chi connectivity index (χ0n) is 11.3. The Balaban J connectivity index is 2.22. The Morgan fingerprint density at radius 3 is 2.57 bits per heavy atom. The van der Waals surface area contributed by atoms with Crippen molar-refractivity contribution in [2.24, 2.45) is 0 Å². The molecule has 0 saturated carbocycles. The smallest absolute Gasteiger partial charge is 0.345 e. The number of hydrogen-bond donors (Lipinski definition) is 1. The summed E-state index contributed by atoms with van der Waals surface area (Å²) < 4.78 is 5.60. The Morgan fingerprint density at radius 1 is 1.19 bits per heavy atom. The molecule has 0 aliphatic carbocycles. The summed E-state index contributed by atoms with van der Waals surface area (Å²) in [5.41, 5.74) is 1.52. The topological polar surface area (TPSA) is 46.5 Å². The molecular formula is C16H14Cl2O3. The number of carboxylic acids is 1. The highest BCUT2D eigenvalue weighted by atomic mass is 35.5. The van der Waals surface area contributed by atoms with Crippen LogP contribution in [0.4, 0.5) is 0 Å². The molecule has 2 rings (SSSR count). The van der Waals surface area contributed by atoms with Gasteiger partial charge in [0.2, 0.25) is 0 Å². The Labute approximate surface area is 133 Å². The number of carbonyl (C=O) groups is 1. The van der Waals surface area contributed by atoms with Crippen LogP contribution in [0.25, 0.3) is 0 Å². The van der Waals surface area contributed by atoms with Crippen LogP contribution in [0.3, 0.4) is 0 Å². The minimum atomic E-state index is -1.05.